The molecule has 1 aromatic heterocycles. The molecule has 3 aromatic rings. The number of nitrogens with zero attached hydrogens (tertiary/aromatic N) is 4. The van der Waals surface area contributed by atoms with E-state index in [1.165, 1.54) is 4.68 Å². The summed E-state index contributed by atoms with van der Waals surface area (Å²) in [6, 6.07) is 15.6. The smallest absolute Gasteiger partial charge is 0.339 e. The van der Waals surface area contributed by atoms with E-state index in [4.69, 9.17) is 0 Å². The second kappa shape index (κ2) is 7.70. The van der Waals surface area contributed by atoms with Crippen molar-refractivity contribution >= 4 is 5.91 Å². The van der Waals surface area contributed by atoms with Gasteiger partial charge in [-0.05, 0) is 51.0 Å². The molecule has 1 aliphatic rings. The van der Waals surface area contributed by atoms with Crippen LogP contribution < -0.4 is 5.69 Å². The number of carbonyl (C=O) groups excluding carboxylic acids is 1. The number of benzene rings is 2. The molecule has 0 N–H and O–H groups in total. The van der Waals surface area contributed by atoms with Crippen molar-refractivity contribution in [2.24, 2.45) is 7.05 Å². The summed E-state index contributed by atoms with van der Waals surface area (Å²) in [6.45, 7) is 5.35. The first-order chi connectivity index (χ1) is 13.9. The Balaban J connectivity index is 1.54. The first kappa shape index (κ1) is 19.2. The molecule has 1 amide bonds. The second-order valence-electron chi connectivity index (χ2n) is 7.88. The molecule has 29 heavy (non-hydrogen) atoms. The van der Waals surface area contributed by atoms with E-state index in [1.54, 1.807) is 11.6 Å². The van der Waals surface area contributed by atoms with Crippen LogP contribution in [0, 0.1) is 13.8 Å². The molecule has 2 aromatic carbocycles. The quantitative estimate of drug-likeness (QED) is 0.690. The molecule has 0 saturated carbocycles. The molecule has 6 heteroatoms. The minimum Gasteiger partial charge on any atom is -0.339 e. The number of aromatic nitrogens is 3. The number of likely N-dealkylation sites (tertiary alicyclic amines) is 1. The minimum absolute atomic E-state index is 0.0803. The van der Waals surface area contributed by atoms with Crippen molar-refractivity contribution in [3.8, 4) is 5.69 Å². The van der Waals surface area contributed by atoms with E-state index >= 15 is 0 Å². The highest BCUT2D eigenvalue weighted by atomic mass is 16.2. The SMILES string of the molecule is Cc1cc(C)cc(C(=O)N2CCC(c3nn(C)c(=O)n3-c3ccccc3)CC2)c1. The van der Waals surface area contributed by atoms with Gasteiger partial charge in [-0.25, -0.2) is 14.0 Å². The fourth-order valence-electron chi connectivity index (χ4n) is 4.19. The van der Waals surface area contributed by atoms with Crippen LogP contribution in [-0.2, 0) is 7.05 Å². The number of hydrogen-bond acceptors (Lipinski definition) is 3. The summed E-state index contributed by atoms with van der Waals surface area (Å²) in [5.41, 5.74) is 3.64. The van der Waals surface area contributed by atoms with Crippen molar-refractivity contribution in [1.82, 2.24) is 19.2 Å². The van der Waals surface area contributed by atoms with E-state index in [0.717, 1.165) is 41.0 Å². The third-order valence-electron chi connectivity index (χ3n) is 5.58. The lowest BCUT2D eigenvalue weighted by molar-refractivity contribution is 0.0710. The van der Waals surface area contributed by atoms with Crippen molar-refractivity contribution in [3.63, 3.8) is 0 Å². The van der Waals surface area contributed by atoms with E-state index in [2.05, 4.69) is 11.2 Å². The number of para-hydroxylation sites is 1. The Kier molecular flexibility index (Phi) is 5.09. The Morgan fingerprint density at radius 1 is 1.00 bits per heavy atom. The predicted molar refractivity (Wildman–Crippen MR) is 113 cm³/mol. The minimum atomic E-state index is -0.139. The molecule has 1 fully saturated rings. The number of rotatable bonds is 3. The van der Waals surface area contributed by atoms with Gasteiger partial charge in [-0.2, -0.15) is 5.10 Å². The fraction of sp³-hybridized carbons (Fsp3) is 0.348. The second-order valence-corrected chi connectivity index (χ2v) is 7.88. The molecule has 0 atom stereocenters. The predicted octanol–water partition coefficient (Wildman–Crippen LogP) is 3.21. The molecule has 1 aliphatic heterocycles. The summed E-state index contributed by atoms with van der Waals surface area (Å²) in [5, 5.41) is 4.53. The molecular weight excluding hydrogens is 364 g/mol. The highest BCUT2D eigenvalue weighted by molar-refractivity contribution is 5.94. The Morgan fingerprint density at radius 3 is 2.24 bits per heavy atom. The van der Waals surface area contributed by atoms with E-state index in [9.17, 15) is 9.59 Å². The largest absolute Gasteiger partial charge is 0.350 e. The zero-order valence-corrected chi connectivity index (χ0v) is 17.1. The van der Waals surface area contributed by atoms with Crippen LogP contribution in [0.2, 0.25) is 0 Å². The van der Waals surface area contributed by atoms with E-state index in [0.29, 0.717) is 13.1 Å². The summed E-state index contributed by atoms with van der Waals surface area (Å²) in [7, 11) is 1.68. The average molecular weight is 390 g/mol. The highest BCUT2D eigenvalue weighted by Crippen LogP contribution is 2.28. The summed E-state index contributed by atoms with van der Waals surface area (Å²) < 4.78 is 3.10. The van der Waals surface area contributed by atoms with Crippen LogP contribution >= 0.6 is 0 Å². The third kappa shape index (κ3) is 3.75. The number of hydrogen-bond donors (Lipinski definition) is 0. The van der Waals surface area contributed by atoms with Crippen molar-refractivity contribution < 1.29 is 4.79 Å². The topological polar surface area (TPSA) is 60.1 Å². The lowest BCUT2D eigenvalue weighted by Gasteiger charge is -2.31. The lowest BCUT2D eigenvalue weighted by atomic mass is 9.95. The van der Waals surface area contributed by atoms with Gasteiger partial charge in [-0.3, -0.25) is 4.79 Å². The van der Waals surface area contributed by atoms with Gasteiger partial charge in [-0.15, -0.1) is 0 Å². The number of piperidine rings is 1. The Hall–Kier alpha value is -3.15. The number of amides is 1. The molecule has 4 rings (SSSR count). The van der Waals surface area contributed by atoms with Crippen LogP contribution in [0.3, 0.4) is 0 Å². The summed E-state index contributed by atoms with van der Waals surface area (Å²) in [6.07, 6.45) is 1.58. The van der Waals surface area contributed by atoms with Gasteiger partial charge in [0.1, 0.15) is 5.82 Å². The van der Waals surface area contributed by atoms with Gasteiger partial charge in [0.15, 0.2) is 0 Å². The van der Waals surface area contributed by atoms with Crippen LogP contribution in [0.5, 0.6) is 0 Å². The summed E-state index contributed by atoms with van der Waals surface area (Å²) in [5.74, 6) is 1.01. The van der Waals surface area contributed by atoms with Crippen LogP contribution in [0.1, 0.15) is 46.1 Å². The average Bonchev–Trinajstić information content (AvgIpc) is 3.02. The molecule has 0 radical (unpaired) electrons. The molecule has 1 saturated heterocycles. The maximum atomic E-state index is 12.9. The zero-order valence-electron chi connectivity index (χ0n) is 17.1. The maximum absolute atomic E-state index is 12.9. The standard InChI is InChI=1S/C23H26N4O2/c1-16-13-17(2)15-19(14-16)22(28)26-11-9-18(10-12-26)21-24-25(3)23(29)27(21)20-7-5-4-6-8-20/h4-8,13-15,18H,9-12H2,1-3H3. The van der Waals surface area contributed by atoms with Gasteiger partial charge in [0, 0.05) is 31.6 Å². The van der Waals surface area contributed by atoms with Crippen LogP contribution in [0.15, 0.2) is 53.3 Å². The zero-order chi connectivity index (χ0) is 20.5. The van der Waals surface area contributed by atoms with Crippen molar-refractivity contribution in [1.29, 1.82) is 0 Å². The molecule has 0 unspecified atom stereocenters. The van der Waals surface area contributed by atoms with E-state index in [-0.39, 0.29) is 17.5 Å². The first-order valence-corrected chi connectivity index (χ1v) is 10.0. The van der Waals surface area contributed by atoms with Gasteiger partial charge in [0.25, 0.3) is 5.91 Å². The van der Waals surface area contributed by atoms with Crippen molar-refractivity contribution in [2.75, 3.05) is 13.1 Å². The van der Waals surface area contributed by atoms with Crippen molar-refractivity contribution in [2.45, 2.75) is 32.6 Å². The Bertz CT molecular complexity index is 1070. The molecule has 0 bridgehead atoms. The monoisotopic (exact) mass is 390 g/mol. The molecular formula is C23H26N4O2. The first-order valence-electron chi connectivity index (χ1n) is 10.0. The van der Waals surface area contributed by atoms with Crippen LogP contribution in [-0.4, -0.2) is 38.2 Å². The molecule has 2 heterocycles. The van der Waals surface area contributed by atoms with Gasteiger partial charge in [0.05, 0.1) is 5.69 Å². The van der Waals surface area contributed by atoms with Crippen molar-refractivity contribution in [3.05, 3.63) is 81.5 Å². The Labute approximate surface area is 170 Å². The third-order valence-corrected chi connectivity index (χ3v) is 5.58. The fourth-order valence-corrected chi connectivity index (χ4v) is 4.19. The molecule has 6 nitrogen and oxygen atoms in total. The molecule has 150 valence electrons. The van der Waals surface area contributed by atoms with Gasteiger partial charge in [-0.1, -0.05) is 35.4 Å². The van der Waals surface area contributed by atoms with Gasteiger partial charge in [0.2, 0.25) is 0 Å². The van der Waals surface area contributed by atoms with Gasteiger partial charge < -0.3 is 4.90 Å². The summed E-state index contributed by atoms with van der Waals surface area (Å²) >= 11 is 0. The number of carbonyl (C=O) groups is 1. The van der Waals surface area contributed by atoms with Crippen LogP contribution in [0.25, 0.3) is 5.69 Å². The maximum Gasteiger partial charge on any atom is 0.350 e. The normalized spacial score (nSPS) is 14.9. The highest BCUT2D eigenvalue weighted by Gasteiger charge is 2.29. The number of aryl methyl sites for hydroxylation is 3. The van der Waals surface area contributed by atoms with E-state index in [1.807, 2.05) is 61.2 Å². The Morgan fingerprint density at radius 2 is 1.62 bits per heavy atom. The van der Waals surface area contributed by atoms with Crippen LogP contribution in [0.4, 0.5) is 0 Å². The summed E-state index contributed by atoms with van der Waals surface area (Å²) in [4.78, 5) is 27.5. The lowest BCUT2D eigenvalue weighted by Crippen LogP contribution is -2.38. The van der Waals surface area contributed by atoms with E-state index < -0.39 is 0 Å². The molecule has 0 aliphatic carbocycles. The molecule has 0 spiro atoms. The van der Waals surface area contributed by atoms with Gasteiger partial charge >= 0.3 is 5.69 Å².